The van der Waals surface area contributed by atoms with Gasteiger partial charge in [-0.05, 0) is 48.6 Å². The summed E-state index contributed by atoms with van der Waals surface area (Å²) < 4.78 is 5.22. The molecule has 1 aromatic rings. The lowest BCUT2D eigenvalue weighted by Gasteiger charge is -2.30. The maximum Gasteiger partial charge on any atom is 0.119 e. The Morgan fingerprint density at radius 2 is 2.11 bits per heavy atom. The molecule has 2 rings (SSSR count). The molecule has 0 bridgehead atoms. The van der Waals surface area contributed by atoms with Crippen molar-refractivity contribution in [2.45, 2.75) is 25.8 Å². The van der Waals surface area contributed by atoms with Crippen LogP contribution in [0.5, 0.6) is 5.75 Å². The lowest BCUT2D eigenvalue weighted by molar-refractivity contribution is 0.414. The van der Waals surface area contributed by atoms with E-state index in [9.17, 15) is 0 Å². The molecule has 1 saturated heterocycles. The number of ether oxygens (including phenoxy) is 1. The van der Waals surface area contributed by atoms with Gasteiger partial charge in [-0.15, -0.1) is 0 Å². The van der Waals surface area contributed by atoms with Crippen molar-refractivity contribution in [3.63, 3.8) is 0 Å². The number of benzene rings is 1. The Hall–Kier alpha value is -1.87. The summed E-state index contributed by atoms with van der Waals surface area (Å²) in [5.41, 5.74) is 10.7. The highest BCUT2D eigenvalue weighted by atomic mass is 16.5. The van der Waals surface area contributed by atoms with Gasteiger partial charge in [-0.2, -0.15) is 0 Å². The van der Waals surface area contributed by atoms with E-state index in [1.54, 1.807) is 7.11 Å². The summed E-state index contributed by atoms with van der Waals surface area (Å²) >= 11 is 0. The molecule has 1 aliphatic heterocycles. The van der Waals surface area contributed by atoms with Crippen molar-refractivity contribution >= 4 is 5.69 Å². The Kier molecular flexibility index (Phi) is 4.31. The third-order valence-corrected chi connectivity index (χ3v) is 3.29. The van der Waals surface area contributed by atoms with Crippen LogP contribution in [0.25, 0.3) is 10.4 Å². The number of methoxy groups -OCH3 is 1. The summed E-state index contributed by atoms with van der Waals surface area (Å²) in [7, 11) is 1.65. The first-order valence-corrected chi connectivity index (χ1v) is 6.28. The molecule has 0 N–H and O–H groups in total. The van der Waals surface area contributed by atoms with E-state index >= 15 is 0 Å². The average molecular weight is 246 g/mol. The fourth-order valence-electron chi connectivity index (χ4n) is 2.37. The summed E-state index contributed by atoms with van der Waals surface area (Å²) in [4.78, 5) is 5.20. The zero-order valence-electron chi connectivity index (χ0n) is 10.7. The fraction of sp³-hybridized carbons (Fsp3) is 0.538. The highest BCUT2D eigenvalue weighted by Gasteiger charge is 2.14. The maximum absolute atomic E-state index is 8.47. The Bertz CT molecular complexity index is 448. The van der Waals surface area contributed by atoms with E-state index in [1.807, 2.05) is 12.1 Å². The van der Waals surface area contributed by atoms with Crippen molar-refractivity contribution in [2.75, 3.05) is 25.1 Å². The Balaban J connectivity index is 2.28. The highest BCUT2D eigenvalue weighted by Crippen LogP contribution is 2.28. The van der Waals surface area contributed by atoms with Crippen molar-refractivity contribution in [2.24, 2.45) is 5.11 Å². The molecule has 0 radical (unpaired) electrons. The predicted molar refractivity (Wildman–Crippen MR) is 71.9 cm³/mol. The van der Waals surface area contributed by atoms with Crippen LogP contribution in [0, 0.1) is 0 Å². The molecular weight excluding hydrogens is 228 g/mol. The fourth-order valence-corrected chi connectivity index (χ4v) is 2.37. The topological polar surface area (TPSA) is 61.2 Å². The number of hydrogen-bond donors (Lipinski definition) is 0. The Labute approximate surface area is 107 Å². The second kappa shape index (κ2) is 6.17. The quantitative estimate of drug-likeness (QED) is 0.463. The van der Waals surface area contributed by atoms with Crippen LogP contribution in [-0.2, 0) is 6.54 Å². The minimum absolute atomic E-state index is 0.375. The number of hydrogen-bond acceptors (Lipinski definition) is 3. The van der Waals surface area contributed by atoms with E-state index < -0.39 is 0 Å². The molecule has 0 unspecified atom stereocenters. The van der Waals surface area contributed by atoms with Crippen LogP contribution >= 0.6 is 0 Å². The number of azide groups is 1. The van der Waals surface area contributed by atoms with Crippen LogP contribution in [0.15, 0.2) is 23.3 Å². The first kappa shape index (κ1) is 12.6. The van der Waals surface area contributed by atoms with Crippen LogP contribution < -0.4 is 9.64 Å². The lowest BCUT2D eigenvalue weighted by atomic mass is 10.1. The third-order valence-electron chi connectivity index (χ3n) is 3.29. The molecule has 0 saturated carbocycles. The summed E-state index contributed by atoms with van der Waals surface area (Å²) in [6.45, 7) is 2.53. The van der Waals surface area contributed by atoms with E-state index in [2.05, 4.69) is 21.0 Å². The summed E-state index contributed by atoms with van der Waals surface area (Å²) in [6.07, 6.45) is 3.76. The van der Waals surface area contributed by atoms with Crippen molar-refractivity contribution in [1.82, 2.24) is 0 Å². The van der Waals surface area contributed by atoms with Crippen LogP contribution in [0.3, 0.4) is 0 Å². The van der Waals surface area contributed by atoms with Crippen molar-refractivity contribution < 1.29 is 4.74 Å². The van der Waals surface area contributed by atoms with Gasteiger partial charge in [0, 0.05) is 23.7 Å². The van der Waals surface area contributed by atoms with E-state index in [4.69, 9.17) is 10.3 Å². The van der Waals surface area contributed by atoms with Gasteiger partial charge in [-0.1, -0.05) is 5.11 Å². The number of rotatable bonds is 4. The largest absolute Gasteiger partial charge is 0.497 e. The molecule has 0 atom stereocenters. The molecule has 0 amide bonds. The van der Waals surface area contributed by atoms with Gasteiger partial charge in [0.15, 0.2) is 0 Å². The smallest absolute Gasteiger partial charge is 0.119 e. The van der Waals surface area contributed by atoms with Gasteiger partial charge >= 0.3 is 0 Å². The third kappa shape index (κ3) is 2.87. The van der Waals surface area contributed by atoms with Crippen molar-refractivity contribution in [3.8, 4) is 5.75 Å². The molecule has 5 nitrogen and oxygen atoms in total. The Morgan fingerprint density at radius 1 is 1.33 bits per heavy atom. The minimum Gasteiger partial charge on any atom is -0.497 e. The molecule has 18 heavy (non-hydrogen) atoms. The standard InChI is InChI=1S/C13H18N4O/c1-18-12-5-6-13(11(9-12)10-15-16-14)17-7-3-2-4-8-17/h5-6,9H,2-4,7-8,10H2,1H3. The summed E-state index contributed by atoms with van der Waals surface area (Å²) in [5.74, 6) is 0.805. The van der Waals surface area contributed by atoms with E-state index in [-0.39, 0.29) is 0 Å². The van der Waals surface area contributed by atoms with Gasteiger partial charge < -0.3 is 9.64 Å². The number of piperidine rings is 1. The van der Waals surface area contributed by atoms with Crippen LogP contribution in [-0.4, -0.2) is 20.2 Å². The van der Waals surface area contributed by atoms with Gasteiger partial charge in [0.1, 0.15) is 5.75 Å². The van der Waals surface area contributed by atoms with Crippen molar-refractivity contribution in [3.05, 3.63) is 34.2 Å². The molecule has 0 aliphatic carbocycles. The van der Waals surface area contributed by atoms with Crippen LogP contribution in [0.4, 0.5) is 5.69 Å². The minimum atomic E-state index is 0.375. The molecule has 1 aromatic carbocycles. The summed E-state index contributed by atoms with van der Waals surface area (Å²) in [6, 6.07) is 5.98. The van der Waals surface area contributed by atoms with E-state index in [0.717, 1.165) is 24.4 Å². The van der Waals surface area contributed by atoms with Crippen molar-refractivity contribution in [1.29, 1.82) is 0 Å². The molecular formula is C13H18N4O. The highest BCUT2D eigenvalue weighted by molar-refractivity contribution is 5.56. The molecule has 5 heteroatoms. The first-order chi connectivity index (χ1) is 8.85. The van der Waals surface area contributed by atoms with Gasteiger partial charge in [0.05, 0.1) is 13.7 Å². The van der Waals surface area contributed by atoms with Gasteiger partial charge in [-0.25, -0.2) is 0 Å². The predicted octanol–water partition coefficient (Wildman–Crippen LogP) is 3.50. The van der Waals surface area contributed by atoms with Gasteiger partial charge in [0.25, 0.3) is 0 Å². The zero-order chi connectivity index (χ0) is 12.8. The van der Waals surface area contributed by atoms with Gasteiger partial charge in [0.2, 0.25) is 0 Å². The maximum atomic E-state index is 8.47. The van der Waals surface area contributed by atoms with Crippen LogP contribution in [0.2, 0.25) is 0 Å². The molecule has 96 valence electrons. The zero-order valence-corrected chi connectivity index (χ0v) is 10.7. The first-order valence-electron chi connectivity index (χ1n) is 6.28. The molecule has 0 spiro atoms. The molecule has 1 fully saturated rings. The normalized spacial score (nSPS) is 15.1. The second-order valence-electron chi connectivity index (χ2n) is 4.43. The monoisotopic (exact) mass is 246 g/mol. The molecule has 1 aliphatic rings. The second-order valence-corrected chi connectivity index (χ2v) is 4.43. The van der Waals surface area contributed by atoms with Gasteiger partial charge in [-0.3, -0.25) is 0 Å². The van der Waals surface area contributed by atoms with Crippen LogP contribution in [0.1, 0.15) is 24.8 Å². The van der Waals surface area contributed by atoms with E-state index in [1.165, 1.54) is 24.9 Å². The average Bonchev–Trinajstić information content (AvgIpc) is 2.45. The van der Waals surface area contributed by atoms with E-state index in [0.29, 0.717) is 6.54 Å². The number of nitrogens with zero attached hydrogens (tertiary/aromatic N) is 4. The molecule has 1 heterocycles. The lowest BCUT2D eigenvalue weighted by Crippen LogP contribution is -2.30. The molecule has 0 aromatic heterocycles. The summed E-state index contributed by atoms with van der Waals surface area (Å²) in [5, 5.41) is 3.67. The Morgan fingerprint density at radius 3 is 2.78 bits per heavy atom. The number of anilines is 1. The SMILES string of the molecule is COc1ccc(N2CCCCC2)c(CN=[N+]=[N-])c1.